The van der Waals surface area contributed by atoms with Crippen molar-refractivity contribution in [3.8, 4) is 0 Å². The van der Waals surface area contributed by atoms with E-state index >= 15 is 0 Å². The number of primary amides is 1. The average Bonchev–Trinajstić information content (AvgIpc) is 2.99. The van der Waals surface area contributed by atoms with Gasteiger partial charge in [0.2, 0.25) is 0 Å². The summed E-state index contributed by atoms with van der Waals surface area (Å²) < 4.78 is 0. The first kappa shape index (κ1) is 19.2. The van der Waals surface area contributed by atoms with Crippen LogP contribution in [0.4, 0.5) is 4.79 Å². The number of amides is 4. The minimum atomic E-state index is -0.806. The van der Waals surface area contributed by atoms with E-state index in [1.54, 1.807) is 13.8 Å². The van der Waals surface area contributed by atoms with Crippen LogP contribution in [-0.4, -0.2) is 23.9 Å². The van der Waals surface area contributed by atoms with Gasteiger partial charge in [0.1, 0.15) is 6.04 Å². The van der Waals surface area contributed by atoms with Crippen molar-refractivity contribution in [2.24, 2.45) is 17.6 Å². The van der Waals surface area contributed by atoms with Crippen LogP contribution in [0.1, 0.15) is 53.7 Å². The molecule has 138 valence electrons. The third-order valence-electron chi connectivity index (χ3n) is 4.53. The molecule has 5 N–H and O–H groups in total. The Hall–Kier alpha value is -2.09. The fourth-order valence-electron chi connectivity index (χ4n) is 3.01. The number of hydrogen-bond acceptors (Lipinski definition) is 4. The maximum absolute atomic E-state index is 12.3. The monoisotopic (exact) mass is 366 g/mol. The molecule has 0 unspecified atom stereocenters. The zero-order valence-electron chi connectivity index (χ0n) is 14.8. The molecule has 0 aromatic carbocycles. The molecule has 2 atom stereocenters. The predicted molar refractivity (Wildman–Crippen MR) is 97.1 cm³/mol. The second-order valence-corrected chi connectivity index (χ2v) is 7.89. The number of nitrogens with one attached hydrogen (secondary N) is 3. The number of hydrazine groups is 1. The van der Waals surface area contributed by atoms with Gasteiger partial charge in [-0.3, -0.25) is 20.4 Å². The van der Waals surface area contributed by atoms with Crippen LogP contribution >= 0.6 is 11.3 Å². The summed E-state index contributed by atoms with van der Waals surface area (Å²) in [5, 5.41) is 2.37. The van der Waals surface area contributed by atoms with Crippen molar-refractivity contribution >= 4 is 29.2 Å². The second kappa shape index (κ2) is 8.33. The molecule has 1 heterocycles. The molecular formula is C17H26N4O3S. The van der Waals surface area contributed by atoms with Crippen LogP contribution in [0, 0.1) is 11.8 Å². The van der Waals surface area contributed by atoms with Crippen molar-refractivity contribution < 1.29 is 14.4 Å². The molecule has 0 bridgehead atoms. The highest BCUT2D eigenvalue weighted by Crippen LogP contribution is 2.33. The number of hydrogen-bond donors (Lipinski definition) is 4. The molecule has 0 fully saturated rings. The predicted octanol–water partition coefficient (Wildman–Crippen LogP) is 1.72. The van der Waals surface area contributed by atoms with Crippen molar-refractivity contribution in [3.05, 3.63) is 21.4 Å². The van der Waals surface area contributed by atoms with Crippen LogP contribution in [0.25, 0.3) is 0 Å². The summed E-state index contributed by atoms with van der Waals surface area (Å²) >= 11 is 1.48. The standard InChI is InChI=1S/C17H26N4O3S/c1-4-10-5-6-12-11(7-10)8-13(25-12)15(22)20-21-16(23)14(9(2)3)19-17(18)24/h8-10,14H,4-7H2,1-3H3,(H,20,22)(H,21,23)(H3,18,19,24)/t10-,14+/m0/s1. The molecule has 2 rings (SSSR count). The molecular weight excluding hydrogens is 340 g/mol. The van der Waals surface area contributed by atoms with Crippen LogP contribution in [0.3, 0.4) is 0 Å². The maximum Gasteiger partial charge on any atom is 0.312 e. The third-order valence-corrected chi connectivity index (χ3v) is 5.77. The smallest absolute Gasteiger partial charge is 0.312 e. The van der Waals surface area contributed by atoms with Crippen molar-refractivity contribution in [1.82, 2.24) is 16.2 Å². The number of rotatable bonds is 5. The van der Waals surface area contributed by atoms with Crippen molar-refractivity contribution in [2.75, 3.05) is 0 Å². The molecule has 0 aliphatic heterocycles. The summed E-state index contributed by atoms with van der Waals surface area (Å²) in [6, 6.07) is 0.335. The summed E-state index contributed by atoms with van der Waals surface area (Å²) in [6.07, 6.45) is 4.34. The minimum Gasteiger partial charge on any atom is -0.352 e. The first-order valence-electron chi connectivity index (χ1n) is 8.59. The highest BCUT2D eigenvalue weighted by atomic mass is 32.1. The van der Waals surface area contributed by atoms with E-state index in [0.717, 1.165) is 25.7 Å². The molecule has 1 aromatic rings. The zero-order valence-corrected chi connectivity index (χ0v) is 15.7. The summed E-state index contributed by atoms with van der Waals surface area (Å²) in [7, 11) is 0. The molecule has 0 spiro atoms. The van der Waals surface area contributed by atoms with E-state index in [2.05, 4.69) is 23.1 Å². The SMILES string of the molecule is CC[C@H]1CCc2sc(C(=O)NNC(=O)[C@H](NC(N)=O)C(C)C)cc2C1. The molecule has 4 amide bonds. The fraction of sp³-hybridized carbons (Fsp3) is 0.588. The van der Waals surface area contributed by atoms with Gasteiger partial charge in [0.25, 0.3) is 11.8 Å². The lowest BCUT2D eigenvalue weighted by Crippen LogP contribution is -2.55. The van der Waals surface area contributed by atoms with Crippen LogP contribution in [0.15, 0.2) is 6.07 Å². The molecule has 0 saturated heterocycles. The topological polar surface area (TPSA) is 113 Å². The van der Waals surface area contributed by atoms with Gasteiger partial charge in [0.05, 0.1) is 4.88 Å². The number of thiophene rings is 1. The largest absolute Gasteiger partial charge is 0.352 e. The number of fused-ring (bicyclic) bond motifs is 1. The molecule has 7 nitrogen and oxygen atoms in total. The molecule has 1 aromatic heterocycles. The summed E-state index contributed by atoms with van der Waals surface area (Å²) in [4.78, 5) is 37.3. The van der Waals surface area contributed by atoms with Gasteiger partial charge in [0.15, 0.2) is 0 Å². The summed E-state index contributed by atoms with van der Waals surface area (Å²) in [6.45, 7) is 5.75. The van der Waals surface area contributed by atoms with E-state index in [1.165, 1.54) is 21.8 Å². The van der Waals surface area contributed by atoms with Crippen molar-refractivity contribution in [1.29, 1.82) is 0 Å². The summed E-state index contributed by atoms with van der Waals surface area (Å²) in [5.74, 6) is -0.328. The van der Waals surface area contributed by atoms with Crippen LogP contribution in [0.2, 0.25) is 0 Å². The van der Waals surface area contributed by atoms with E-state index in [1.807, 2.05) is 6.07 Å². The van der Waals surface area contributed by atoms with Crippen LogP contribution in [-0.2, 0) is 17.6 Å². The molecule has 25 heavy (non-hydrogen) atoms. The zero-order chi connectivity index (χ0) is 18.6. The Morgan fingerprint density at radius 1 is 1.32 bits per heavy atom. The van der Waals surface area contributed by atoms with E-state index in [0.29, 0.717) is 10.8 Å². The highest BCUT2D eigenvalue weighted by molar-refractivity contribution is 7.14. The van der Waals surface area contributed by atoms with Gasteiger partial charge in [-0.1, -0.05) is 27.2 Å². The van der Waals surface area contributed by atoms with Gasteiger partial charge < -0.3 is 11.1 Å². The molecule has 8 heteroatoms. The number of urea groups is 1. The van der Waals surface area contributed by atoms with Gasteiger partial charge in [-0.05, 0) is 42.7 Å². The molecule has 1 aliphatic carbocycles. The molecule has 0 saturated carbocycles. The lowest BCUT2D eigenvalue weighted by molar-refractivity contribution is -0.124. The van der Waals surface area contributed by atoms with Crippen molar-refractivity contribution in [2.45, 2.75) is 52.5 Å². The Bertz CT molecular complexity index is 656. The lowest BCUT2D eigenvalue weighted by atomic mass is 9.87. The quantitative estimate of drug-likeness (QED) is 0.595. The Kier molecular flexibility index (Phi) is 6.41. The first-order valence-corrected chi connectivity index (χ1v) is 9.41. The Balaban J connectivity index is 1.95. The second-order valence-electron chi connectivity index (χ2n) is 6.75. The maximum atomic E-state index is 12.3. The molecule has 0 radical (unpaired) electrons. The number of carbonyl (C=O) groups is 3. The first-order chi connectivity index (χ1) is 11.8. The lowest BCUT2D eigenvalue weighted by Gasteiger charge is -2.20. The van der Waals surface area contributed by atoms with E-state index in [4.69, 9.17) is 5.73 Å². The third kappa shape index (κ3) is 4.94. The molecule has 1 aliphatic rings. The summed E-state index contributed by atoms with van der Waals surface area (Å²) in [5.41, 5.74) is 11.1. The average molecular weight is 366 g/mol. The highest BCUT2D eigenvalue weighted by Gasteiger charge is 2.25. The number of nitrogens with two attached hydrogens (primary N) is 1. The Morgan fingerprint density at radius 2 is 2.04 bits per heavy atom. The number of carbonyl (C=O) groups excluding carboxylic acids is 3. The number of aryl methyl sites for hydroxylation is 1. The fourth-order valence-corrected chi connectivity index (χ4v) is 4.11. The van der Waals surface area contributed by atoms with Gasteiger partial charge in [-0.2, -0.15) is 0 Å². The van der Waals surface area contributed by atoms with Gasteiger partial charge >= 0.3 is 6.03 Å². The van der Waals surface area contributed by atoms with Gasteiger partial charge in [-0.15, -0.1) is 11.3 Å². The van der Waals surface area contributed by atoms with Crippen LogP contribution in [0.5, 0.6) is 0 Å². The van der Waals surface area contributed by atoms with E-state index < -0.39 is 18.0 Å². The van der Waals surface area contributed by atoms with Gasteiger partial charge in [-0.25, -0.2) is 4.79 Å². The van der Waals surface area contributed by atoms with E-state index in [9.17, 15) is 14.4 Å². The van der Waals surface area contributed by atoms with Crippen LogP contribution < -0.4 is 21.9 Å². The van der Waals surface area contributed by atoms with Crippen molar-refractivity contribution in [3.63, 3.8) is 0 Å². The van der Waals surface area contributed by atoms with Gasteiger partial charge in [0, 0.05) is 4.88 Å². The Morgan fingerprint density at radius 3 is 2.64 bits per heavy atom. The Labute approximate surface area is 151 Å². The normalized spacial score (nSPS) is 17.5. The minimum absolute atomic E-state index is 0.163. The van der Waals surface area contributed by atoms with E-state index in [-0.39, 0.29) is 11.8 Å².